The number of benzene rings is 2. The molecule has 11 atom stereocenters. The van der Waals surface area contributed by atoms with Gasteiger partial charge in [-0.05, 0) is 150 Å². The first-order chi connectivity index (χ1) is 26.9. The zero-order valence-electron chi connectivity index (χ0n) is 36.6. The fourth-order valence-corrected chi connectivity index (χ4v) is 14.0. The van der Waals surface area contributed by atoms with Crippen LogP contribution < -0.4 is 10.6 Å². The van der Waals surface area contributed by atoms with Crippen molar-refractivity contribution in [1.29, 1.82) is 0 Å². The molecule has 2 amide bonds. The highest BCUT2D eigenvalue weighted by Gasteiger charge is 2.69. The van der Waals surface area contributed by atoms with Gasteiger partial charge in [0, 0.05) is 18.5 Å². The summed E-state index contributed by atoms with van der Waals surface area (Å²) in [6.07, 6.45) is 10.8. The minimum atomic E-state index is -0.936. The largest absolute Gasteiger partial charge is 0.393 e. The number of aliphatic hydroxyl groups is 2. The predicted molar refractivity (Wildman–Crippen MR) is 229 cm³/mol. The maximum atomic E-state index is 14.7. The molecule has 314 valence electrons. The van der Waals surface area contributed by atoms with E-state index in [-0.39, 0.29) is 57.8 Å². The van der Waals surface area contributed by atoms with Gasteiger partial charge in [-0.15, -0.1) is 0 Å². The third kappa shape index (κ3) is 7.67. The summed E-state index contributed by atoms with van der Waals surface area (Å²) in [5.41, 5.74) is 3.54. The van der Waals surface area contributed by atoms with Gasteiger partial charge in [-0.2, -0.15) is 0 Å². The summed E-state index contributed by atoms with van der Waals surface area (Å²) in [5.74, 6) is 2.11. The van der Waals surface area contributed by atoms with E-state index >= 15 is 0 Å². The van der Waals surface area contributed by atoms with Crippen LogP contribution in [0.3, 0.4) is 0 Å². The molecule has 4 aliphatic rings. The van der Waals surface area contributed by atoms with Crippen LogP contribution in [0.4, 0.5) is 0 Å². The first-order valence-electron chi connectivity index (χ1n) is 22.5. The molecule has 4 fully saturated rings. The summed E-state index contributed by atoms with van der Waals surface area (Å²) in [6, 6.07) is 15.2. The quantitative estimate of drug-likeness (QED) is 0.151. The van der Waals surface area contributed by atoms with Gasteiger partial charge in [0.25, 0.3) is 5.91 Å². The Bertz CT molecular complexity index is 1770. The van der Waals surface area contributed by atoms with Crippen LogP contribution in [0, 0.1) is 56.7 Å². The van der Waals surface area contributed by atoms with E-state index in [9.17, 15) is 24.6 Å². The van der Waals surface area contributed by atoms with Crippen molar-refractivity contribution in [3.63, 3.8) is 0 Å². The van der Waals surface area contributed by atoms with Crippen molar-refractivity contribution in [2.24, 2.45) is 56.7 Å². The molecule has 4 N–H and O–H groups in total. The summed E-state index contributed by atoms with van der Waals surface area (Å²) in [4.78, 5) is 39.1. The van der Waals surface area contributed by atoms with Crippen LogP contribution in [0.1, 0.15) is 155 Å². The number of aldehydes is 1. The average molecular weight is 783 g/mol. The van der Waals surface area contributed by atoms with Gasteiger partial charge in [-0.1, -0.05) is 99.1 Å². The second kappa shape index (κ2) is 16.6. The first-order valence-corrected chi connectivity index (χ1v) is 22.5. The molecular formula is C50H74N2O5. The van der Waals surface area contributed by atoms with Crippen LogP contribution >= 0.6 is 0 Å². The number of fused-ring (bicyclic) bond motifs is 5. The van der Waals surface area contributed by atoms with Gasteiger partial charge in [0.05, 0.1) is 23.7 Å². The Labute approximate surface area is 344 Å². The number of amides is 2. The summed E-state index contributed by atoms with van der Waals surface area (Å²) < 4.78 is 0. The van der Waals surface area contributed by atoms with Crippen molar-refractivity contribution in [2.45, 2.75) is 164 Å². The SMILES string of the molecule is CCCC1(C(=O)NCc2cccc(-c3cccc(C(=O)NC(CC(C)C)[C@@H](O)CC=O)c3)c2)CC[C@]2(C)C(CCC3C4(C)CCC(O)C(C)(C)C4CCC32C)C1C. The van der Waals surface area contributed by atoms with E-state index in [0.717, 1.165) is 55.2 Å². The van der Waals surface area contributed by atoms with Crippen molar-refractivity contribution < 1.29 is 24.6 Å². The first kappa shape index (κ1) is 43.5. The smallest absolute Gasteiger partial charge is 0.251 e. The molecule has 0 saturated heterocycles. The van der Waals surface area contributed by atoms with Crippen molar-refractivity contribution in [3.05, 3.63) is 59.7 Å². The highest BCUT2D eigenvalue weighted by Crippen LogP contribution is 2.75. The molecule has 4 aliphatic carbocycles. The number of hydrogen-bond acceptors (Lipinski definition) is 5. The molecule has 0 radical (unpaired) electrons. The van der Waals surface area contributed by atoms with E-state index in [4.69, 9.17) is 0 Å². The number of carbonyl (C=O) groups is 3. The third-order valence-electron chi connectivity index (χ3n) is 17.3. The number of aliphatic hydroxyl groups excluding tert-OH is 2. The summed E-state index contributed by atoms with van der Waals surface area (Å²) >= 11 is 0. The Morgan fingerprint density at radius 2 is 1.58 bits per heavy atom. The van der Waals surface area contributed by atoms with Crippen molar-refractivity contribution in [1.82, 2.24) is 10.6 Å². The maximum Gasteiger partial charge on any atom is 0.251 e. The van der Waals surface area contributed by atoms with Gasteiger partial charge < -0.3 is 25.6 Å². The monoisotopic (exact) mass is 783 g/mol. The summed E-state index contributed by atoms with van der Waals surface area (Å²) in [7, 11) is 0. The lowest BCUT2D eigenvalue weighted by Gasteiger charge is -2.72. The molecule has 0 heterocycles. The Balaban J connectivity index is 1.16. The maximum absolute atomic E-state index is 14.7. The molecule has 0 aromatic heterocycles. The Hall–Kier alpha value is -3.03. The minimum absolute atomic E-state index is 0.0228. The Morgan fingerprint density at radius 3 is 2.26 bits per heavy atom. The molecule has 4 saturated carbocycles. The van der Waals surface area contributed by atoms with Crippen LogP contribution in [-0.2, 0) is 16.1 Å². The highest BCUT2D eigenvalue weighted by atomic mass is 16.3. The lowest BCUT2D eigenvalue weighted by Crippen LogP contribution is -2.67. The third-order valence-corrected chi connectivity index (χ3v) is 17.3. The number of hydrogen-bond donors (Lipinski definition) is 4. The second-order valence-corrected chi connectivity index (χ2v) is 20.9. The Kier molecular flexibility index (Phi) is 12.6. The molecule has 7 nitrogen and oxygen atoms in total. The van der Waals surface area contributed by atoms with Gasteiger partial charge in [-0.3, -0.25) is 9.59 Å². The molecule has 0 bridgehead atoms. The zero-order chi connectivity index (χ0) is 41.6. The van der Waals surface area contributed by atoms with E-state index in [0.29, 0.717) is 42.6 Å². The van der Waals surface area contributed by atoms with E-state index in [1.807, 2.05) is 44.2 Å². The van der Waals surface area contributed by atoms with Crippen LogP contribution in [0.2, 0.25) is 0 Å². The minimum Gasteiger partial charge on any atom is -0.393 e. The number of nitrogens with one attached hydrogen (secondary N) is 2. The van der Waals surface area contributed by atoms with Gasteiger partial charge in [0.1, 0.15) is 6.29 Å². The van der Waals surface area contributed by atoms with E-state index in [1.54, 1.807) is 6.07 Å². The highest BCUT2D eigenvalue weighted by molar-refractivity contribution is 5.95. The van der Waals surface area contributed by atoms with Crippen LogP contribution in [0.5, 0.6) is 0 Å². The number of rotatable bonds is 13. The molecule has 7 heteroatoms. The second-order valence-electron chi connectivity index (χ2n) is 20.9. The molecule has 0 aliphatic heterocycles. The van der Waals surface area contributed by atoms with Crippen molar-refractivity contribution >= 4 is 18.1 Å². The average Bonchev–Trinajstić information content (AvgIpc) is 3.17. The molecule has 0 spiro atoms. The molecule has 9 unspecified atom stereocenters. The van der Waals surface area contributed by atoms with Gasteiger partial charge in [-0.25, -0.2) is 0 Å². The standard InChI is InChI=1S/C50H74N2O5/c1-10-22-50(26-25-48(8)38(33(50)4)17-18-42-47(7)23-20-43(55)46(5,6)41(47)19-24-49(42,48)9)45(57)51-31-34-13-11-14-35(29-34)36-15-12-16-37(30-36)44(56)52-39(28-32(2)3)40(54)21-27-53/h11-16,27,29-30,32-33,38-43,54-55H,10,17-26,28,31H2,1-9H3,(H,51,57)(H,52,56)/t33?,38?,39?,40-,41?,42?,43?,47?,48+,49?,50?/m0/s1. The summed E-state index contributed by atoms with van der Waals surface area (Å²) in [5, 5.41) is 28.1. The van der Waals surface area contributed by atoms with Gasteiger partial charge >= 0.3 is 0 Å². The van der Waals surface area contributed by atoms with Crippen LogP contribution in [-0.4, -0.2) is 46.6 Å². The molecule has 6 rings (SSSR count). The van der Waals surface area contributed by atoms with Crippen LogP contribution in [0.25, 0.3) is 11.1 Å². The fourth-order valence-electron chi connectivity index (χ4n) is 14.0. The van der Waals surface area contributed by atoms with Crippen LogP contribution in [0.15, 0.2) is 48.5 Å². The molecule has 2 aromatic carbocycles. The predicted octanol–water partition coefficient (Wildman–Crippen LogP) is 9.92. The van der Waals surface area contributed by atoms with E-state index in [2.05, 4.69) is 71.2 Å². The lowest BCUT2D eigenvalue weighted by atomic mass is 9.32. The zero-order valence-corrected chi connectivity index (χ0v) is 36.6. The van der Waals surface area contributed by atoms with Gasteiger partial charge in [0.2, 0.25) is 5.91 Å². The van der Waals surface area contributed by atoms with Crippen molar-refractivity contribution in [3.8, 4) is 11.1 Å². The fraction of sp³-hybridized carbons (Fsp3) is 0.700. The Morgan fingerprint density at radius 1 is 0.877 bits per heavy atom. The molecular weight excluding hydrogens is 709 g/mol. The molecule has 57 heavy (non-hydrogen) atoms. The van der Waals surface area contributed by atoms with E-state index < -0.39 is 17.6 Å². The van der Waals surface area contributed by atoms with Crippen molar-refractivity contribution in [2.75, 3.05) is 0 Å². The topological polar surface area (TPSA) is 116 Å². The van der Waals surface area contributed by atoms with Gasteiger partial charge in [0.15, 0.2) is 0 Å². The van der Waals surface area contributed by atoms with E-state index in [1.165, 1.54) is 25.7 Å². The lowest BCUT2D eigenvalue weighted by molar-refractivity contribution is -0.246. The summed E-state index contributed by atoms with van der Waals surface area (Å²) in [6.45, 7) is 21.6. The molecule has 2 aromatic rings. The number of carbonyl (C=O) groups excluding carboxylic acids is 3. The normalized spacial score (nSPS) is 35.5.